The van der Waals surface area contributed by atoms with Crippen molar-refractivity contribution in [1.82, 2.24) is 5.32 Å². The average molecular weight is 327 g/mol. The van der Waals surface area contributed by atoms with Crippen LogP contribution in [0.25, 0.3) is 0 Å². The van der Waals surface area contributed by atoms with E-state index in [2.05, 4.69) is 17.4 Å². The highest BCUT2D eigenvalue weighted by Gasteiger charge is 2.12. The number of nitrogens with one attached hydrogen (secondary N) is 1. The van der Waals surface area contributed by atoms with E-state index >= 15 is 0 Å². The second-order valence-corrected chi connectivity index (χ2v) is 5.85. The lowest BCUT2D eigenvalue weighted by molar-refractivity contribution is -0.121. The minimum Gasteiger partial charge on any atom is -0.497 e. The molecule has 1 atom stereocenters. The number of ether oxygens (including phenoxy) is 2. The molecule has 4 nitrogen and oxygen atoms in total. The summed E-state index contributed by atoms with van der Waals surface area (Å²) in [5.74, 6) is 1.40. The van der Waals surface area contributed by atoms with Gasteiger partial charge < -0.3 is 14.8 Å². The van der Waals surface area contributed by atoms with Crippen molar-refractivity contribution in [3.63, 3.8) is 0 Å². The number of rotatable bonds is 8. The first-order valence-electron chi connectivity index (χ1n) is 8.16. The maximum Gasteiger partial charge on any atom is 0.224 e. The molecule has 0 saturated heterocycles. The van der Waals surface area contributed by atoms with Crippen LogP contribution in [0.4, 0.5) is 0 Å². The summed E-state index contributed by atoms with van der Waals surface area (Å²) in [7, 11) is 3.21. The van der Waals surface area contributed by atoms with E-state index in [0.717, 1.165) is 24.2 Å². The lowest BCUT2D eigenvalue weighted by atomic mass is 10.1. The maximum atomic E-state index is 12.3. The largest absolute Gasteiger partial charge is 0.497 e. The molecule has 0 fully saturated rings. The Morgan fingerprint density at radius 1 is 1.08 bits per heavy atom. The summed E-state index contributed by atoms with van der Waals surface area (Å²) < 4.78 is 10.5. The Balaban J connectivity index is 1.88. The topological polar surface area (TPSA) is 47.6 Å². The minimum absolute atomic E-state index is 0.0119. The van der Waals surface area contributed by atoms with Crippen molar-refractivity contribution in [3.05, 3.63) is 59.7 Å². The Kier molecular flexibility index (Phi) is 6.67. The fourth-order valence-electron chi connectivity index (χ4n) is 2.62. The molecule has 4 heteroatoms. The molecule has 1 N–H and O–H groups in total. The van der Waals surface area contributed by atoms with Crippen LogP contribution in [0.5, 0.6) is 11.5 Å². The molecule has 1 amide bonds. The van der Waals surface area contributed by atoms with Crippen molar-refractivity contribution in [3.8, 4) is 11.5 Å². The molecule has 0 radical (unpaired) electrons. The molecule has 128 valence electrons. The van der Waals surface area contributed by atoms with Gasteiger partial charge in [0.25, 0.3) is 0 Å². The zero-order valence-electron chi connectivity index (χ0n) is 14.5. The molecule has 2 rings (SSSR count). The van der Waals surface area contributed by atoms with Crippen molar-refractivity contribution in [2.24, 2.45) is 0 Å². The van der Waals surface area contributed by atoms with E-state index in [4.69, 9.17) is 9.47 Å². The number of amides is 1. The number of methoxy groups -OCH3 is 2. The van der Waals surface area contributed by atoms with Gasteiger partial charge in [-0.25, -0.2) is 0 Å². The molecule has 0 saturated carbocycles. The van der Waals surface area contributed by atoms with Crippen molar-refractivity contribution >= 4 is 5.91 Å². The van der Waals surface area contributed by atoms with Crippen LogP contribution in [0.2, 0.25) is 0 Å². The number of aryl methyl sites for hydroxylation is 1. The van der Waals surface area contributed by atoms with Crippen molar-refractivity contribution < 1.29 is 14.3 Å². The van der Waals surface area contributed by atoms with Crippen LogP contribution < -0.4 is 14.8 Å². The van der Waals surface area contributed by atoms with Crippen LogP contribution in [0, 0.1) is 0 Å². The van der Waals surface area contributed by atoms with Gasteiger partial charge in [-0.2, -0.15) is 0 Å². The third-order valence-corrected chi connectivity index (χ3v) is 3.95. The van der Waals surface area contributed by atoms with E-state index in [1.807, 2.05) is 43.3 Å². The van der Waals surface area contributed by atoms with Gasteiger partial charge in [0.15, 0.2) is 0 Å². The average Bonchev–Trinajstić information content (AvgIpc) is 2.60. The molecule has 0 heterocycles. The van der Waals surface area contributed by atoms with E-state index < -0.39 is 0 Å². The fraction of sp³-hybridized carbons (Fsp3) is 0.350. The summed E-state index contributed by atoms with van der Waals surface area (Å²) in [6, 6.07) is 15.9. The summed E-state index contributed by atoms with van der Waals surface area (Å²) >= 11 is 0. The summed E-state index contributed by atoms with van der Waals surface area (Å²) in [6.07, 6.45) is 2.13. The lowest BCUT2D eigenvalue weighted by Crippen LogP contribution is -2.34. The van der Waals surface area contributed by atoms with Gasteiger partial charge in [0.05, 0.1) is 20.6 Å². The van der Waals surface area contributed by atoms with Crippen LogP contribution in [-0.2, 0) is 17.6 Å². The summed E-state index contributed by atoms with van der Waals surface area (Å²) in [6.45, 7) is 2.03. The minimum atomic E-state index is -0.0119. The fourth-order valence-corrected chi connectivity index (χ4v) is 2.62. The zero-order chi connectivity index (χ0) is 17.4. The Morgan fingerprint density at radius 2 is 1.83 bits per heavy atom. The standard InChI is InChI=1S/C20H25NO3/c1-15(9-10-16-7-5-4-6-8-16)21-20(22)14-17-13-18(23-2)11-12-19(17)24-3/h4-8,11-13,15H,9-10,14H2,1-3H3,(H,21,22)/t15-/m0/s1. The van der Waals surface area contributed by atoms with Gasteiger partial charge in [-0.05, 0) is 43.5 Å². The Bertz CT molecular complexity index is 655. The number of carbonyl (C=O) groups excluding carboxylic acids is 1. The van der Waals surface area contributed by atoms with E-state index in [0.29, 0.717) is 5.75 Å². The van der Waals surface area contributed by atoms with Crippen molar-refractivity contribution in [2.75, 3.05) is 14.2 Å². The van der Waals surface area contributed by atoms with Gasteiger partial charge in [0.2, 0.25) is 5.91 Å². The molecular weight excluding hydrogens is 302 g/mol. The van der Waals surface area contributed by atoms with Crippen LogP contribution in [0.3, 0.4) is 0 Å². The molecule has 2 aromatic carbocycles. The first kappa shape index (κ1) is 17.9. The highest BCUT2D eigenvalue weighted by atomic mass is 16.5. The highest BCUT2D eigenvalue weighted by molar-refractivity contribution is 5.79. The molecule has 0 aromatic heterocycles. The Labute approximate surface area is 143 Å². The first-order valence-corrected chi connectivity index (χ1v) is 8.16. The molecule has 0 unspecified atom stereocenters. The third kappa shape index (κ3) is 5.30. The molecule has 2 aromatic rings. The summed E-state index contributed by atoms with van der Waals surface area (Å²) in [5, 5.41) is 3.05. The smallest absolute Gasteiger partial charge is 0.224 e. The highest BCUT2D eigenvalue weighted by Crippen LogP contribution is 2.24. The van der Waals surface area contributed by atoms with Crippen LogP contribution in [0.15, 0.2) is 48.5 Å². The third-order valence-electron chi connectivity index (χ3n) is 3.95. The van der Waals surface area contributed by atoms with Crippen molar-refractivity contribution in [2.45, 2.75) is 32.2 Å². The Hall–Kier alpha value is -2.49. The van der Waals surface area contributed by atoms with Gasteiger partial charge in [-0.3, -0.25) is 4.79 Å². The zero-order valence-corrected chi connectivity index (χ0v) is 14.5. The second-order valence-electron chi connectivity index (χ2n) is 5.85. The quantitative estimate of drug-likeness (QED) is 0.808. The van der Waals surface area contributed by atoms with Gasteiger partial charge in [0.1, 0.15) is 11.5 Å². The monoisotopic (exact) mass is 327 g/mol. The van der Waals surface area contributed by atoms with Crippen LogP contribution >= 0.6 is 0 Å². The second kappa shape index (κ2) is 8.96. The van der Waals surface area contributed by atoms with Gasteiger partial charge in [-0.1, -0.05) is 30.3 Å². The lowest BCUT2D eigenvalue weighted by Gasteiger charge is -2.15. The van der Waals surface area contributed by atoms with Gasteiger partial charge >= 0.3 is 0 Å². The van der Waals surface area contributed by atoms with E-state index in [-0.39, 0.29) is 18.4 Å². The Morgan fingerprint density at radius 3 is 2.50 bits per heavy atom. The maximum absolute atomic E-state index is 12.3. The van der Waals surface area contributed by atoms with E-state index in [1.54, 1.807) is 14.2 Å². The van der Waals surface area contributed by atoms with Crippen molar-refractivity contribution in [1.29, 1.82) is 0 Å². The van der Waals surface area contributed by atoms with E-state index in [9.17, 15) is 4.79 Å². The molecule has 0 spiro atoms. The molecule has 24 heavy (non-hydrogen) atoms. The molecule has 0 aliphatic rings. The summed E-state index contributed by atoms with van der Waals surface area (Å²) in [4.78, 5) is 12.3. The first-order chi connectivity index (χ1) is 11.6. The van der Waals surface area contributed by atoms with Crippen LogP contribution in [-0.4, -0.2) is 26.2 Å². The molecule has 0 aliphatic heterocycles. The molecule has 0 aliphatic carbocycles. The SMILES string of the molecule is COc1ccc(OC)c(CC(=O)N[C@@H](C)CCc2ccccc2)c1. The summed E-state index contributed by atoms with van der Waals surface area (Å²) in [5.41, 5.74) is 2.11. The van der Waals surface area contributed by atoms with E-state index in [1.165, 1.54) is 5.56 Å². The van der Waals surface area contributed by atoms with Gasteiger partial charge in [-0.15, -0.1) is 0 Å². The number of hydrogen-bond donors (Lipinski definition) is 1. The number of hydrogen-bond acceptors (Lipinski definition) is 3. The molecular formula is C20H25NO3. The predicted octanol–water partition coefficient (Wildman–Crippen LogP) is 3.38. The number of carbonyl (C=O) groups is 1. The normalized spacial score (nSPS) is 11.6. The molecule has 0 bridgehead atoms. The van der Waals surface area contributed by atoms with Crippen LogP contribution in [0.1, 0.15) is 24.5 Å². The number of benzene rings is 2. The van der Waals surface area contributed by atoms with Gasteiger partial charge in [0, 0.05) is 11.6 Å². The predicted molar refractivity (Wildman–Crippen MR) is 95.6 cm³/mol.